The molecule has 2 rings (SSSR count). The zero-order chi connectivity index (χ0) is 17.4. The molecular formula is C15H23ClN6S. The van der Waals surface area contributed by atoms with E-state index in [-0.39, 0.29) is 27.5 Å². The predicted molar refractivity (Wildman–Crippen MR) is 95.8 cm³/mol. The van der Waals surface area contributed by atoms with Gasteiger partial charge in [-0.2, -0.15) is 20.2 Å². The quantitative estimate of drug-likeness (QED) is 0.885. The molecule has 0 saturated carbocycles. The van der Waals surface area contributed by atoms with Gasteiger partial charge in [0.25, 0.3) is 0 Å². The van der Waals surface area contributed by atoms with Crippen molar-refractivity contribution in [2.24, 2.45) is 5.92 Å². The first kappa shape index (κ1) is 18.1. The van der Waals surface area contributed by atoms with Crippen LogP contribution >= 0.6 is 23.4 Å². The third-order valence-electron chi connectivity index (χ3n) is 3.57. The van der Waals surface area contributed by atoms with E-state index < -0.39 is 0 Å². The second-order valence-electron chi connectivity index (χ2n) is 6.82. The van der Waals surface area contributed by atoms with Crippen LogP contribution < -0.4 is 10.2 Å². The molecule has 2 heterocycles. The van der Waals surface area contributed by atoms with E-state index >= 15 is 0 Å². The van der Waals surface area contributed by atoms with Crippen molar-refractivity contribution in [2.75, 3.05) is 10.2 Å². The van der Waals surface area contributed by atoms with Crippen molar-refractivity contribution in [3.8, 4) is 6.07 Å². The topological polar surface area (TPSA) is 77.7 Å². The summed E-state index contributed by atoms with van der Waals surface area (Å²) in [5.74, 6) is 1.23. The maximum atomic E-state index is 9.69. The van der Waals surface area contributed by atoms with Gasteiger partial charge in [0.2, 0.25) is 17.2 Å². The van der Waals surface area contributed by atoms with Crippen LogP contribution in [0, 0.1) is 17.2 Å². The number of nitriles is 1. The second kappa shape index (κ2) is 6.70. The number of hydrogen-bond acceptors (Lipinski definition) is 7. The third-order valence-corrected chi connectivity index (χ3v) is 5.59. The number of thioether (sulfide) groups is 1. The Hall–Kier alpha value is -1.26. The van der Waals surface area contributed by atoms with Crippen molar-refractivity contribution in [1.82, 2.24) is 15.0 Å². The van der Waals surface area contributed by atoms with Gasteiger partial charge in [-0.25, -0.2) is 0 Å². The molecule has 1 fully saturated rings. The molecule has 2 atom stereocenters. The van der Waals surface area contributed by atoms with Gasteiger partial charge in [-0.15, -0.1) is 11.8 Å². The number of halogens is 1. The Bertz CT molecular complexity index is 612. The van der Waals surface area contributed by atoms with Gasteiger partial charge < -0.3 is 10.2 Å². The third kappa shape index (κ3) is 3.81. The van der Waals surface area contributed by atoms with Crippen molar-refractivity contribution in [2.45, 2.75) is 63.7 Å². The summed E-state index contributed by atoms with van der Waals surface area (Å²) in [6, 6.07) is 2.26. The fourth-order valence-corrected chi connectivity index (χ4v) is 4.27. The summed E-state index contributed by atoms with van der Waals surface area (Å²) in [5.41, 5.74) is 0. The first-order valence-electron chi connectivity index (χ1n) is 7.69. The molecule has 23 heavy (non-hydrogen) atoms. The van der Waals surface area contributed by atoms with Crippen LogP contribution in [0.15, 0.2) is 0 Å². The summed E-state index contributed by atoms with van der Waals surface area (Å²) in [5, 5.41) is 13.1. The lowest BCUT2D eigenvalue weighted by atomic mass is 10.0. The Balaban J connectivity index is 2.48. The summed E-state index contributed by atoms with van der Waals surface area (Å²) in [7, 11) is 0. The van der Waals surface area contributed by atoms with E-state index in [0.29, 0.717) is 17.8 Å². The number of rotatable bonds is 4. The SMILES string of the molecule is CC(C)Nc1nc(Cl)nc(N2C(C(C)C)SC(C)(C)C2C#N)n1. The van der Waals surface area contributed by atoms with Crippen molar-refractivity contribution in [3.63, 3.8) is 0 Å². The average Bonchev–Trinajstić information content (AvgIpc) is 2.68. The van der Waals surface area contributed by atoms with Crippen LogP contribution in [0.2, 0.25) is 5.28 Å². The summed E-state index contributed by atoms with van der Waals surface area (Å²) in [6.07, 6.45) is 0. The summed E-state index contributed by atoms with van der Waals surface area (Å²) in [6.45, 7) is 12.4. The fraction of sp³-hybridized carbons (Fsp3) is 0.733. The molecule has 0 radical (unpaired) electrons. The largest absolute Gasteiger partial charge is 0.352 e. The summed E-state index contributed by atoms with van der Waals surface area (Å²) >= 11 is 7.86. The minimum Gasteiger partial charge on any atom is -0.352 e. The predicted octanol–water partition coefficient (Wildman–Crippen LogP) is 3.55. The van der Waals surface area contributed by atoms with Gasteiger partial charge in [0, 0.05) is 10.8 Å². The molecule has 1 saturated heterocycles. The van der Waals surface area contributed by atoms with E-state index in [9.17, 15) is 5.26 Å². The van der Waals surface area contributed by atoms with Gasteiger partial charge in [0.1, 0.15) is 6.04 Å². The van der Waals surface area contributed by atoms with E-state index in [1.165, 1.54) is 0 Å². The van der Waals surface area contributed by atoms with Crippen LogP contribution in [0.5, 0.6) is 0 Å². The standard InChI is InChI=1S/C15H23ClN6S/c1-8(2)11-22(10(7-17)15(5,6)23-11)14-20-12(16)19-13(21-14)18-9(3)4/h8-11H,1-6H3,(H,18,19,20,21). The minimum atomic E-state index is -0.328. The Morgan fingerprint density at radius 3 is 2.43 bits per heavy atom. The van der Waals surface area contributed by atoms with Crippen molar-refractivity contribution in [1.29, 1.82) is 5.26 Å². The van der Waals surface area contributed by atoms with Gasteiger partial charge in [-0.3, -0.25) is 0 Å². The molecular weight excluding hydrogens is 332 g/mol. The van der Waals surface area contributed by atoms with E-state index in [1.807, 2.05) is 18.7 Å². The highest BCUT2D eigenvalue weighted by Gasteiger charge is 2.50. The first-order chi connectivity index (χ1) is 10.7. The van der Waals surface area contributed by atoms with Gasteiger partial charge in [-0.1, -0.05) is 13.8 Å². The molecule has 1 aliphatic rings. The normalized spacial score (nSPS) is 23.4. The average molecular weight is 355 g/mol. The van der Waals surface area contributed by atoms with Crippen molar-refractivity contribution in [3.05, 3.63) is 5.28 Å². The molecule has 6 nitrogen and oxygen atoms in total. The molecule has 1 aliphatic heterocycles. The molecule has 2 unspecified atom stereocenters. The molecule has 8 heteroatoms. The zero-order valence-corrected chi connectivity index (χ0v) is 15.9. The van der Waals surface area contributed by atoms with Crippen LogP contribution in [-0.4, -0.2) is 37.2 Å². The summed E-state index contributed by atoms with van der Waals surface area (Å²) < 4.78 is -0.214. The highest BCUT2D eigenvalue weighted by molar-refractivity contribution is 8.01. The summed E-state index contributed by atoms with van der Waals surface area (Å²) in [4.78, 5) is 14.9. The molecule has 0 amide bonds. The zero-order valence-electron chi connectivity index (χ0n) is 14.3. The molecule has 0 aliphatic carbocycles. The van der Waals surface area contributed by atoms with Crippen LogP contribution in [-0.2, 0) is 0 Å². The Kier molecular flexibility index (Phi) is 5.27. The Morgan fingerprint density at radius 1 is 1.26 bits per heavy atom. The highest BCUT2D eigenvalue weighted by atomic mass is 35.5. The monoisotopic (exact) mass is 354 g/mol. The van der Waals surface area contributed by atoms with Gasteiger partial charge in [0.15, 0.2) is 0 Å². The van der Waals surface area contributed by atoms with E-state index in [4.69, 9.17) is 11.6 Å². The number of nitrogens with one attached hydrogen (secondary N) is 1. The van der Waals surface area contributed by atoms with Crippen LogP contribution in [0.3, 0.4) is 0 Å². The van der Waals surface area contributed by atoms with E-state index in [0.717, 1.165) is 0 Å². The number of aromatic nitrogens is 3. The lowest BCUT2D eigenvalue weighted by Gasteiger charge is -2.29. The molecule has 1 aromatic rings. The van der Waals surface area contributed by atoms with Gasteiger partial charge in [-0.05, 0) is 45.2 Å². The maximum Gasteiger partial charge on any atom is 0.233 e. The second-order valence-corrected chi connectivity index (χ2v) is 8.93. The maximum absolute atomic E-state index is 9.69. The van der Waals surface area contributed by atoms with Crippen LogP contribution in [0.1, 0.15) is 41.5 Å². The van der Waals surface area contributed by atoms with Crippen molar-refractivity contribution < 1.29 is 0 Å². The number of hydrogen-bond donors (Lipinski definition) is 1. The van der Waals surface area contributed by atoms with Gasteiger partial charge >= 0.3 is 0 Å². The lowest BCUT2D eigenvalue weighted by molar-refractivity contribution is 0.531. The molecule has 0 bridgehead atoms. The van der Waals surface area contributed by atoms with Crippen LogP contribution in [0.4, 0.5) is 11.9 Å². The molecule has 0 aromatic carbocycles. The Labute approximate surface area is 147 Å². The fourth-order valence-electron chi connectivity index (χ4n) is 2.60. The highest BCUT2D eigenvalue weighted by Crippen LogP contribution is 2.48. The van der Waals surface area contributed by atoms with E-state index in [1.54, 1.807) is 11.8 Å². The van der Waals surface area contributed by atoms with E-state index in [2.05, 4.69) is 54.0 Å². The first-order valence-corrected chi connectivity index (χ1v) is 8.95. The lowest BCUT2D eigenvalue weighted by Crippen LogP contribution is -2.43. The number of anilines is 2. The minimum absolute atomic E-state index is 0.111. The van der Waals surface area contributed by atoms with Crippen LogP contribution in [0.25, 0.3) is 0 Å². The molecule has 0 spiro atoms. The van der Waals surface area contributed by atoms with Gasteiger partial charge in [0.05, 0.1) is 11.4 Å². The molecule has 1 N–H and O–H groups in total. The molecule has 1 aromatic heterocycles. The smallest absolute Gasteiger partial charge is 0.233 e. The Morgan fingerprint density at radius 2 is 1.91 bits per heavy atom. The number of nitrogens with zero attached hydrogens (tertiary/aromatic N) is 5. The van der Waals surface area contributed by atoms with Crippen molar-refractivity contribution >= 4 is 35.3 Å². The molecule has 126 valence electrons.